The summed E-state index contributed by atoms with van der Waals surface area (Å²) < 4.78 is 5.23. The van der Waals surface area contributed by atoms with Crippen LogP contribution in [0.1, 0.15) is 50.7 Å². The van der Waals surface area contributed by atoms with Gasteiger partial charge in [0.2, 0.25) is 0 Å². The predicted octanol–water partition coefficient (Wildman–Crippen LogP) is 2.38. The smallest absolute Gasteiger partial charge is 0.310 e. The fourth-order valence-corrected chi connectivity index (χ4v) is 4.30. The Hall–Kier alpha value is -2.12. The SMILES string of the molecule is CCNC(=NCc1ccc(CN2CCC(O)CC2)cc1)N1CCC[C@H](C(=O)OCC)C1. The number of hydrogen-bond acceptors (Lipinski definition) is 5. The van der Waals surface area contributed by atoms with Crippen molar-refractivity contribution in [3.8, 4) is 0 Å². The maximum Gasteiger partial charge on any atom is 0.310 e. The zero-order valence-electron chi connectivity index (χ0n) is 19.1. The van der Waals surface area contributed by atoms with E-state index in [1.807, 2.05) is 6.92 Å². The molecule has 1 aromatic carbocycles. The minimum absolute atomic E-state index is 0.0762. The van der Waals surface area contributed by atoms with Crippen LogP contribution >= 0.6 is 0 Å². The molecule has 2 aliphatic heterocycles. The van der Waals surface area contributed by atoms with Gasteiger partial charge in [0.25, 0.3) is 0 Å². The van der Waals surface area contributed by atoms with E-state index in [1.165, 1.54) is 11.1 Å². The molecule has 7 heteroatoms. The van der Waals surface area contributed by atoms with Gasteiger partial charge < -0.3 is 20.1 Å². The van der Waals surface area contributed by atoms with Crippen LogP contribution in [0.25, 0.3) is 0 Å². The summed E-state index contributed by atoms with van der Waals surface area (Å²) in [4.78, 5) is 21.6. The highest BCUT2D eigenvalue weighted by molar-refractivity contribution is 5.81. The van der Waals surface area contributed by atoms with Crippen molar-refractivity contribution in [1.29, 1.82) is 0 Å². The molecule has 0 saturated carbocycles. The topological polar surface area (TPSA) is 77.4 Å². The Morgan fingerprint density at radius 2 is 1.84 bits per heavy atom. The van der Waals surface area contributed by atoms with Crippen molar-refractivity contribution in [2.24, 2.45) is 10.9 Å². The van der Waals surface area contributed by atoms with Crippen LogP contribution in [0.5, 0.6) is 0 Å². The van der Waals surface area contributed by atoms with Crippen molar-refractivity contribution in [2.75, 3.05) is 39.3 Å². The van der Waals surface area contributed by atoms with Gasteiger partial charge in [0.05, 0.1) is 25.2 Å². The molecule has 7 nitrogen and oxygen atoms in total. The second kappa shape index (κ2) is 12.1. The van der Waals surface area contributed by atoms with E-state index < -0.39 is 0 Å². The van der Waals surface area contributed by atoms with E-state index in [0.717, 1.165) is 64.4 Å². The molecular formula is C24H38N4O3. The van der Waals surface area contributed by atoms with E-state index in [1.54, 1.807) is 0 Å². The van der Waals surface area contributed by atoms with Crippen LogP contribution in [0.2, 0.25) is 0 Å². The van der Waals surface area contributed by atoms with E-state index in [-0.39, 0.29) is 18.0 Å². The van der Waals surface area contributed by atoms with E-state index in [0.29, 0.717) is 19.7 Å². The average molecular weight is 431 g/mol. The van der Waals surface area contributed by atoms with Gasteiger partial charge in [-0.15, -0.1) is 0 Å². The molecule has 2 fully saturated rings. The maximum atomic E-state index is 12.2. The van der Waals surface area contributed by atoms with Gasteiger partial charge in [-0.05, 0) is 50.7 Å². The quantitative estimate of drug-likeness (QED) is 0.393. The van der Waals surface area contributed by atoms with Crippen LogP contribution in [0.4, 0.5) is 0 Å². The number of carbonyl (C=O) groups is 1. The molecule has 31 heavy (non-hydrogen) atoms. The number of aliphatic hydroxyl groups excluding tert-OH is 1. The molecule has 1 aromatic rings. The van der Waals surface area contributed by atoms with Crippen LogP contribution in [0.15, 0.2) is 29.3 Å². The molecule has 3 rings (SSSR count). The molecule has 0 aromatic heterocycles. The summed E-state index contributed by atoms with van der Waals surface area (Å²) in [5.74, 6) is 0.696. The third-order valence-corrected chi connectivity index (χ3v) is 6.07. The molecule has 1 atom stereocenters. The highest BCUT2D eigenvalue weighted by Gasteiger charge is 2.28. The number of aliphatic hydroxyl groups is 1. The average Bonchev–Trinajstić information content (AvgIpc) is 2.79. The van der Waals surface area contributed by atoms with Gasteiger partial charge in [-0.25, -0.2) is 4.99 Å². The van der Waals surface area contributed by atoms with Crippen molar-refractivity contribution >= 4 is 11.9 Å². The Morgan fingerprint density at radius 3 is 2.52 bits per heavy atom. The van der Waals surface area contributed by atoms with Crippen LogP contribution in [0, 0.1) is 5.92 Å². The van der Waals surface area contributed by atoms with Crippen molar-refractivity contribution in [3.63, 3.8) is 0 Å². The number of carbonyl (C=O) groups excluding carboxylic acids is 1. The molecular weight excluding hydrogens is 392 g/mol. The molecule has 0 radical (unpaired) electrons. The number of nitrogens with zero attached hydrogens (tertiary/aromatic N) is 3. The highest BCUT2D eigenvalue weighted by atomic mass is 16.5. The molecule has 172 valence electrons. The first-order chi connectivity index (χ1) is 15.1. The summed E-state index contributed by atoms with van der Waals surface area (Å²) in [6.45, 7) is 10.2. The molecule has 2 saturated heterocycles. The van der Waals surface area contributed by atoms with Crippen LogP contribution < -0.4 is 5.32 Å². The molecule has 2 N–H and O–H groups in total. The lowest BCUT2D eigenvalue weighted by molar-refractivity contribution is -0.149. The number of guanidine groups is 1. The summed E-state index contributed by atoms with van der Waals surface area (Å²) in [5.41, 5.74) is 2.47. The summed E-state index contributed by atoms with van der Waals surface area (Å²) in [6.07, 6.45) is 3.46. The number of esters is 1. The zero-order valence-corrected chi connectivity index (χ0v) is 19.1. The number of nitrogens with one attached hydrogen (secondary N) is 1. The Morgan fingerprint density at radius 1 is 1.13 bits per heavy atom. The first kappa shape index (κ1) is 23.5. The summed E-state index contributed by atoms with van der Waals surface area (Å²) in [6, 6.07) is 8.67. The van der Waals surface area contributed by atoms with Crippen molar-refractivity contribution in [2.45, 2.75) is 58.7 Å². The predicted molar refractivity (Wildman–Crippen MR) is 123 cm³/mol. The van der Waals surface area contributed by atoms with Gasteiger partial charge in [-0.1, -0.05) is 24.3 Å². The molecule has 0 unspecified atom stereocenters. The van der Waals surface area contributed by atoms with Gasteiger partial charge in [0, 0.05) is 39.3 Å². The van der Waals surface area contributed by atoms with E-state index in [9.17, 15) is 9.90 Å². The largest absolute Gasteiger partial charge is 0.466 e. The molecule has 0 amide bonds. The number of likely N-dealkylation sites (tertiary alicyclic amines) is 2. The van der Waals surface area contributed by atoms with Crippen molar-refractivity contribution in [3.05, 3.63) is 35.4 Å². The first-order valence-corrected chi connectivity index (χ1v) is 11.8. The Kier molecular flexibility index (Phi) is 9.15. The Bertz CT molecular complexity index is 714. The number of ether oxygens (including phenoxy) is 1. The van der Waals surface area contributed by atoms with E-state index in [4.69, 9.17) is 9.73 Å². The van der Waals surface area contributed by atoms with E-state index in [2.05, 4.69) is 46.3 Å². The van der Waals surface area contributed by atoms with Crippen LogP contribution in [-0.4, -0.2) is 72.3 Å². The minimum atomic E-state index is -0.130. The minimum Gasteiger partial charge on any atom is -0.466 e. The Balaban J connectivity index is 1.56. The van der Waals surface area contributed by atoms with E-state index >= 15 is 0 Å². The molecule has 0 spiro atoms. The standard InChI is InChI=1S/C24H38N4O3/c1-3-25-24(28-13-5-6-21(18-28)23(30)31-4-2)26-16-19-7-9-20(10-8-19)17-27-14-11-22(29)12-15-27/h7-10,21-22,29H,3-6,11-18H2,1-2H3,(H,25,26)/t21-/m0/s1. The monoisotopic (exact) mass is 430 g/mol. The zero-order chi connectivity index (χ0) is 22.1. The molecule has 0 bridgehead atoms. The number of hydrogen-bond donors (Lipinski definition) is 2. The molecule has 2 aliphatic rings. The van der Waals surface area contributed by atoms with Gasteiger partial charge >= 0.3 is 5.97 Å². The Labute approximate surface area is 186 Å². The third-order valence-electron chi connectivity index (χ3n) is 6.07. The summed E-state index contributed by atoms with van der Waals surface area (Å²) >= 11 is 0. The van der Waals surface area contributed by atoms with Gasteiger partial charge in [0.1, 0.15) is 0 Å². The second-order valence-electron chi connectivity index (χ2n) is 8.53. The van der Waals surface area contributed by atoms with Gasteiger partial charge in [-0.2, -0.15) is 0 Å². The summed E-state index contributed by atoms with van der Waals surface area (Å²) in [7, 11) is 0. The normalized spacial score (nSPS) is 21.2. The van der Waals surface area contributed by atoms with Gasteiger partial charge in [-0.3, -0.25) is 9.69 Å². The lowest BCUT2D eigenvalue weighted by atomic mass is 9.98. The third kappa shape index (κ3) is 7.21. The number of piperidine rings is 2. The van der Waals surface area contributed by atoms with Gasteiger partial charge in [0.15, 0.2) is 5.96 Å². The lowest BCUT2D eigenvalue weighted by Gasteiger charge is -2.34. The fraction of sp³-hybridized carbons (Fsp3) is 0.667. The second-order valence-corrected chi connectivity index (χ2v) is 8.53. The number of aliphatic imine (C=N–C) groups is 1. The molecule has 2 heterocycles. The summed E-state index contributed by atoms with van der Waals surface area (Å²) in [5, 5.41) is 13.0. The van der Waals surface area contributed by atoms with Crippen molar-refractivity contribution in [1.82, 2.24) is 15.1 Å². The maximum absolute atomic E-state index is 12.2. The number of rotatable bonds is 7. The van der Waals surface area contributed by atoms with Crippen molar-refractivity contribution < 1.29 is 14.6 Å². The van der Waals surface area contributed by atoms with Crippen LogP contribution in [-0.2, 0) is 22.6 Å². The number of benzene rings is 1. The lowest BCUT2D eigenvalue weighted by Crippen LogP contribution is -2.48. The highest BCUT2D eigenvalue weighted by Crippen LogP contribution is 2.19. The fourth-order valence-electron chi connectivity index (χ4n) is 4.30. The molecule has 0 aliphatic carbocycles. The first-order valence-electron chi connectivity index (χ1n) is 11.8. The van der Waals surface area contributed by atoms with Crippen LogP contribution in [0.3, 0.4) is 0 Å².